The van der Waals surface area contributed by atoms with E-state index in [0.717, 1.165) is 5.56 Å². The van der Waals surface area contributed by atoms with Gasteiger partial charge in [-0.2, -0.15) is 0 Å². The molecule has 2 N–H and O–H groups in total. The predicted octanol–water partition coefficient (Wildman–Crippen LogP) is 2.39. The van der Waals surface area contributed by atoms with E-state index >= 15 is 0 Å². The first-order chi connectivity index (χ1) is 12.4. The minimum atomic E-state index is -0.263. The Morgan fingerprint density at radius 1 is 0.769 bits per heavy atom. The van der Waals surface area contributed by atoms with Crippen molar-refractivity contribution in [2.24, 2.45) is 0 Å². The summed E-state index contributed by atoms with van der Waals surface area (Å²) in [5, 5.41) is 19.1. The summed E-state index contributed by atoms with van der Waals surface area (Å²) in [5.41, 5.74) is 1.98. The number of hydrogen-bond acceptors (Lipinski definition) is 4. The molecule has 1 saturated heterocycles. The second-order valence-corrected chi connectivity index (χ2v) is 6.54. The van der Waals surface area contributed by atoms with Gasteiger partial charge in [0.2, 0.25) is 0 Å². The van der Waals surface area contributed by atoms with Crippen LogP contribution in [0.4, 0.5) is 0 Å². The summed E-state index contributed by atoms with van der Waals surface area (Å²) in [7, 11) is 0. The first-order valence-corrected chi connectivity index (χ1v) is 8.62. The Morgan fingerprint density at radius 2 is 1.27 bits per heavy atom. The molecule has 1 aliphatic rings. The summed E-state index contributed by atoms with van der Waals surface area (Å²) in [6.07, 6.45) is 0.675. The molecule has 0 bridgehead atoms. The maximum atomic E-state index is 12.7. The van der Waals surface area contributed by atoms with Crippen molar-refractivity contribution in [3.63, 3.8) is 0 Å². The van der Waals surface area contributed by atoms with Crippen molar-refractivity contribution in [3.05, 3.63) is 59.2 Å². The minimum absolute atomic E-state index is 0.0331. The molecule has 0 unspecified atom stereocenters. The van der Waals surface area contributed by atoms with E-state index in [4.69, 9.17) is 0 Å². The van der Waals surface area contributed by atoms with Gasteiger partial charge in [-0.3, -0.25) is 9.59 Å². The number of aryl methyl sites for hydroxylation is 1. The van der Waals surface area contributed by atoms with E-state index in [1.807, 2.05) is 31.2 Å². The van der Waals surface area contributed by atoms with Gasteiger partial charge in [0.25, 0.3) is 11.8 Å². The second kappa shape index (κ2) is 7.47. The molecule has 2 aromatic carbocycles. The number of aromatic hydroxyl groups is 2. The molecule has 0 saturated carbocycles. The quantitative estimate of drug-likeness (QED) is 0.868. The summed E-state index contributed by atoms with van der Waals surface area (Å²) in [4.78, 5) is 28.7. The largest absolute Gasteiger partial charge is 0.508 e. The fourth-order valence-electron chi connectivity index (χ4n) is 3.10. The van der Waals surface area contributed by atoms with Crippen LogP contribution in [0.1, 0.15) is 32.7 Å². The fourth-order valence-corrected chi connectivity index (χ4v) is 3.10. The van der Waals surface area contributed by atoms with E-state index in [1.165, 1.54) is 18.2 Å². The molecule has 2 aromatic rings. The van der Waals surface area contributed by atoms with E-state index in [9.17, 15) is 19.8 Å². The van der Waals surface area contributed by atoms with Gasteiger partial charge >= 0.3 is 0 Å². The Labute approximate surface area is 152 Å². The lowest BCUT2D eigenvalue weighted by molar-refractivity contribution is 0.0718. The third-order valence-electron chi connectivity index (χ3n) is 4.52. The molecule has 1 aliphatic heterocycles. The summed E-state index contributed by atoms with van der Waals surface area (Å²) in [6.45, 7) is 3.94. The van der Waals surface area contributed by atoms with Crippen LogP contribution in [0.5, 0.6) is 11.5 Å². The van der Waals surface area contributed by atoms with Crippen LogP contribution >= 0.6 is 0 Å². The highest BCUT2D eigenvalue weighted by molar-refractivity contribution is 5.96. The van der Waals surface area contributed by atoms with Crippen LogP contribution < -0.4 is 0 Å². The van der Waals surface area contributed by atoms with Gasteiger partial charge in [-0.1, -0.05) is 17.7 Å². The third-order valence-corrected chi connectivity index (χ3v) is 4.52. The Kier molecular flexibility index (Phi) is 5.11. The molecule has 3 rings (SSSR count). The van der Waals surface area contributed by atoms with Crippen molar-refractivity contribution >= 4 is 11.8 Å². The van der Waals surface area contributed by atoms with Crippen molar-refractivity contribution < 1.29 is 19.8 Å². The highest BCUT2D eigenvalue weighted by Gasteiger charge is 2.24. The Bertz CT molecular complexity index is 797. The van der Waals surface area contributed by atoms with Crippen molar-refractivity contribution in [3.8, 4) is 11.5 Å². The lowest BCUT2D eigenvalue weighted by atomic mass is 10.1. The monoisotopic (exact) mass is 354 g/mol. The molecule has 1 fully saturated rings. The van der Waals surface area contributed by atoms with Gasteiger partial charge in [0.1, 0.15) is 11.5 Å². The fraction of sp³-hybridized carbons (Fsp3) is 0.300. The molecular weight excluding hydrogens is 332 g/mol. The highest BCUT2D eigenvalue weighted by atomic mass is 16.3. The molecule has 0 aromatic heterocycles. The zero-order valence-electron chi connectivity index (χ0n) is 14.7. The number of phenols is 2. The van der Waals surface area contributed by atoms with Crippen molar-refractivity contribution in [2.75, 3.05) is 26.2 Å². The number of phenolic OH excluding ortho intramolecular Hbond substituents is 2. The van der Waals surface area contributed by atoms with Gasteiger partial charge in [0.15, 0.2) is 0 Å². The van der Waals surface area contributed by atoms with Crippen LogP contribution in [0, 0.1) is 6.92 Å². The van der Waals surface area contributed by atoms with Gasteiger partial charge in [-0.05, 0) is 37.6 Å². The Hall–Kier alpha value is -3.02. The lowest BCUT2D eigenvalue weighted by Crippen LogP contribution is -2.37. The number of hydrogen-bond donors (Lipinski definition) is 2. The third kappa shape index (κ3) is 3.96. The van der Waals surface area contributed by atoms with Gasteiger partial charge in [0.05, 0.1) is 0 Å². The molecule has 136 valence electrons. The van der Waals surface area contributed by atoms with Gasteiger partial charge < -0.3 is 20.0 Å². The molecule has 0 atom stereocenters. The van der Waals surface area contributed by atoms with E-state index in [-0.39, 0.29) is 28.9 Å². The van der Waals surface area contributed by atoms with Gasteiger partial charge in [-0.15, -0.1) is 0 Å². The molecule has 1 heterocycles. The normalized spacial score (nSPS) is 14.8. The van der Waals surface area contributed by atoms with Crippen LogP contribution in [0.2, 0.25) is 0 Å². The summed E-state index contributed by atoms with van der Waals surface area (Å²) in [6, 6.07) is 11.3. The minimum Gasteiger partial charge on any atom is -0.508 e. The highest BCUT2D eigenvalue weighted by Crippen LogP contribution is 2.22. The Morgan fingerprint density at radius 3 is 1.81 bits per heavy atom. The maximum Gasteiger partial charge on any atom is 0.254 e. The van der Waals surface area contributed by atoms with Crippen LogP contribution in [-0.4, -0.2) is 58.0 Å². The molecule has 0 aliphatic carbocycles. The van der Waals surface area contributed by atoms with Gasteiger partial charge in [-0.25, -0.2) is 0 Å². The molecule has 0 radical (unpaired) electrons. The predicted molar refractivity (Wildman–Crippen MR) is 97.4 cm³/mol. The standard InChI is InChI=1S/C20H22N2O4/c1-14-3-5-15(6-4-14)19(25)21-7-2-8-22(10-9-21)20(26)16-11-17(23)13-18(24)12-16/h3-6,11-13,23-24H,2,7-10H2,1H3. The van der Waals surface area contributed by atoms with Crippen LogP contribution in [0.15, 0.2) is 42.5 Å². The number of rotatable bonds is 2. The summed E-state index contributed by atoms with van der Waals surface area (Å²) < 4.78 is 0. The Balaban J connectivity index is 1.68. The molecule has 2 amide bonds. The molecule has 6 heteroatoms. The average Bonchev–Trinajstić information content (AvgIpc) is 2.86. The molecule has 26 heavy (non-hydrogen) atoms. The average molecular weight is 354 g/mol. The van der Waals surface area contributed by atoms with Crippen molar-refractivity contribution in [1.82, 2.24) is 9.80 Å². The lowest BCUT2D eigenvalue weighted by Gasteiger charge is -2.22. The zero-order valence-corrected chi connectivity index (χ0v) is 14.7. The van der Waals surface area contributed by atoms with E-state index < -0.39 is 0 Å². The number of carbonyl (C=O) groups excluding carboxylic acids is 2. The first kappa shape index (κ1) is 17.8. The van der Waals surface area contributed by atoms with E-state index in [2.05, 4.69) is 0 Å². The van der Waals surface area contributed by atoms with Crippen molar-refractivity contribution in [2.45, 2.75) is 13.3 Å². The van der Waals surface area contributed by atoms with Crippen LogP contribution in [0.3, 0.4) is 0 Å². The first-order valence-electron chi connectivity index (χ1n) is 8.62. The van der Waals surface area contributed by atoms with Crippen molar-refractivity contribution in [1.29, 1.82) is 0 Å². The number of carbonyl (C=O) groups is 2. The van der Waals surface area contributed by atoms with E-state index in [1.54, 1.807) is 9.80 Å². The number of nitrogens with zero attached hydrogens (tertiary/aromatic N) is 2. The number of amides is 2. The smallest absolute Gasteiger partial charge is 0.254 e. The maximum absolute atomic E-state index is 12.7. The summed E-state index contributed by atoms with van der Waals surface area (Å²) in [5.74, 6) is -0.603. The van der Waals surface area contributed by atoms with Crippen LogP contribution in [0.25, 0.3) is 0 Å². The molecule has 0 spiro atoms. The molecular formula is C20H22N2O4. The van der Waals surface area contributed by atoms with E-state index in [0.29, 0.717) is 38.2 Å². The molecule has 6 nitrogen and oxygen atoms in total. The summed E-state index contributed by atoms with van der Waals surface area (Å²) >= 11 is 0. The number of benzene rings is 2. The van der Waals surface area contributed by atoms with Crippen LogP contribution in [-0.2, 0) is 0 Å². The SMILES string of the molecule is Cc1ccc(C(=O)N2CCCN(C(=O)c3cc(O)cc(O)c3)CC2)cc1. The van der Waals surface area contributed by atoms with Gasteiger partial charge in [0, 0.05) is 43.4 Å². The topological polar surface area (TPSA) is 81.1 Å². The zero-order chi connectivity index (χ0) is 18.7. The second-order valence-electron chi connectivity index (χ2n) is 6.54.